The van der Waals surface area contributed by atoms with E-state index in [1.807, 2.05) is 0 Å². The summed E-state index contributed by atoms with van der Waals surface area (Å²) < 4.78 is 7.02. The third-order valence-electron chi connectivity index (χ3n) is 4.42. The van der Waals surface area contributed by atoms with Gasteiger partial charge in [0.05, 0.1) is 6.61 Å². The Balaban J connectivity index is 1.87. The van der Waals surface area contributed by atoms with E-state index in [-0.39, 0.29) is 5.54 Å². The van der Waals surface area contributed by atoms with Gasteiger partial charge in [0, 0.05) is 47.7 Å². The Morgan fingerprint density at radius 1 is 1.45 bits per heavy atom. The van der Waals surface area contributed by atoms with Crippen LogP contribution in [-0.4, -0.2) is 36.2 Å². The molecule has 1 unspecified atom stereocenters. The number of ether oxygens (including phenoxy) is 1. The summed E-state index contributed by atoms with van der Waals surface area (Å²) in [5.41, 5.74) is 2.84. The van der Waals surface area contributed by atoms with Crippen LogP contribution in [0.1, 0.15) is 31.9 Å². The first-order chi connectivity index (χ1) is 9.45. The fourth-order valence-electron chi connectivity index (χ4n) is 3.13. The molecule has 2 heterocycles. The van der Waals surface area contributed by atoms with Gasteiger partial charge in [-0.1, -0.05) is 15.9 Å². The lowest BCUT2D eigenvalue weighted by molar-refractivity contribution is 0.0619. The Hall–Kier alpha value is -0.580. The number of fused-ring (bicyclic) bond motifs is 1. The number of benzene rings is 1. The Kier molecular flexibility index (Phi) is 3.82. The molecule has 3 nitrogen and oxygen atoms in total. The monoisotopic (exact) mass is 338 g/mol. The van der Waals surface area contributed by atoms with Gasteiger partial charge in [0.2, 0.25) is 0 Å². The number of hydrogen-bond donors (Lipinski definition) is 1. The Bertz CT molecular complexity index is 515. The molecule has 110 valence electrons. The highest BCUT2D eigenvalue weighted by Gasteiger charge is 2.33. The third-order valence-corrected chi connectivity index (χ3v) is 4.88. The van der Waals surface area contributed by atoms with Gasteiger partial charge in [-0.15, -0.1) is 0 Å². The molecule has 4 heteroatoms. The van der Waals surface area contributed by atoms with Crippen molar-refractivity contribution in [1.82, 2.24) is 10.2 Å². The molecule has 0 saturated carbocycles. The van der Waals surface area contributed by atoms with Gasteiger partial charge in [0.15, 0.2) is 0 Å². The summed E-state index contributed by atoms with van der Waals surface area (Å²) in [5.74, 6) is 1.12. The summed E-state index contributed by atoms with van der Waals surface area (Å²) in [6, 6.07) is 4.95. The Morgan fingerprint density at radius 3 is 3.05 bits per heavy atom. The molecule has 1 atom stereocenters. The van der Waals surface area contributed by atoms with Gasteiger partial charge in [-0.25, -0.2) is 0 Å². The maximum atomic E-state index is 5.86. The van der Waals surface area contributed by atoms with E-state index in [0.29, 0.717) is 6.04 Å². The number of rotatable bonds is 2. The molecule has 20 heavy (non-hydrogen) atoms. The van der Waals surface area contributed by atoms with Crippen LogP contribution in [0.25, 0.3) is 0 Å². The minimum atomic E-state index is 0.181. The smallest absolute Gasteiger partial charge is 0.127 e. The van der Waals surface area contributed by atoms with E-state index in [1.54, 1.807) is 0 Å². The second-order valence-electron chi connectivity index (χ2n) is 6.63. The summed E-state index contributed by atoms with van der Waals surface area (Å²) in [4.78, 5) is 2.57. The molecule has 3 rings (SSSR count). The highest BCUT2D eigenvalue weighted by atomic mass is 79.9. The molecule has 1 aromatic rings. The maximum absolute atomic E-state index is 5.86. The van der Waals surface area contributed by atoms with Crippen LogP contribution in [0.3, 0.4) is 0 Å². The number of nitrogens with zero attached hydrogens (tertiary/aromatic N) is 1. The van der Waals surface area contributed by atoms with E-state index in [0.717, 1.165) is 42.9 Å². The minimum absolute atomic E-state index is 0.181. The zero-order chi connectivity index (χ0) is 14.3. The molecule has 2 aliphatic rings. The van der Waals surface area contributed by atoms with Crippen LogP contribution in [0.4, 0.5) is 0 Å². The molecule has 1 aromatic carbocycles. The lowest BCUT2D eigenvalue weighted by Gasteiger charge is -2.45. The van der Waals surface area contributed by atoms with E-state index in [2.05, 4.69) is 59.1 Å². The molecule has 0 amide bonds. The molecule has 0 spiro atoms. The van der Waals surface area contributed by atoms with E-state index in [4.69, 9.17) is 4.74 Å². The second kappa shape index (κ2) is 5.32. The molecule has 1 N–H and O–H groups in total. The first-order valence-electron chi connectivity index (χ1n) is 7.38. The van der Waals surface area contributed by atoms with Crippen LogP contribution in [-0.2, 0) is 13.0 Å². The number of piperazine rings is 1. The number of nitrogens with one attached hydrogen (secondary N) is 1. The number of halogens is 1. The van der Waals surface area contributed by atoms with Crippen molar-refractivity contribution in [2.45, 2.75) is 45.3 Å². The van der Waals surface area contributed by atoms with Crippen molar-refractivity contribution >= 4 is 15.9 Å². The van der Waals surface area contributed by atoms with Gasteiger partial charge in [-0.05, 0) is 38.5 Å². The zero-order valence-electron chi connectivity index (χ0n) is 12.5. The van der Waals surface area contributed by atoms with Crippen molar-refractivity contribution in [2.75, 3.05) is 19.7 Å². The minimum Gasteiger partial charge on any atom is -0.493 e. The van der Waals surface area contributed by atoms with Crippen molar-refractivity contribution in [3.05, 3.63) is 27.7 Å². The Labute approximate surface area is 129 Å². The van der Waals surface area contributed by atoms with Crippen molar-refractivity contribution in [3.63, 3.8) is 0 Å². The van der Waals surface area contributed by atoms with Crippen molar-refractivity contribution in [2.24, 2.45) is 0 Å². The van der Waals surface area contributed by atoms with E-state index < -0.39 is 0 Å². The predicted octanol–water partition coefficient (Wildman–Crippen LogP) is 2.96. The lowest BCUT2D eigenvalue weighted by Crippen LogP contribution is -2.60. The largest absolute Gasteiger partial charge is 0.493 e. The summed E-state index contributed by atoms with van der Waals surface area (Å²) >= 11 is 3.63. The molecule has 1 saturated heterocycles. The van der Waals surface area contributed by atoms with Gasteiger partial charge in [-0.3, -0.25) is 4.90 Å². The highest BCUT2D eigenvalue weighted by Crippen LogP contribution is 2.35. The van der Waals surface area contributed by atoms with Crippen LogP contribution in [0.5, 0.6) is 5.75 Å². The van der Waals surface area contributed by atoms with Crippen LogP contribution < -0.4 is 10.1 Å². The summed E-state index contributed by atoms with van der Waals surface area (Å²) in [6.07, 6.45) is 1.03. The Morgan fingerprint density at radius 2 is 2.25 bits per heavy atom. The molecule has 1 fully saturated rings. The van der Waals surface area contributed by atoms with Gasteiger partial charge < -0.3 is 10.1 Å². The SMILES string of the molecule is CC1CN(Cc2cc(Br)cc3c2OCC3)C(C)(C)CN1. The van der Waals surface area contributed by atoms with Crippen LogP contribution in [0, 0.1) is 0 Å². The van der Waals surface area contributed by atoms with E-state index in [9.17, 15) is 0 Å². The van der Waals surface area contributed by atoms with Gasteiger partial charge in [-0.2, -0.15) is 0 Å². The summed E-state index contributed by atoms with van der Waals surface area (Å²) in [7, 11) is 0. The van der Waals surface area contributed by atoms with Gasteiger partial charge >= 0.3 is 0 Å². The van der Waals surface area contributed by atoms with Crippen LogP contribution in [0.2, 0.25) is 0 Å². The molecule has 0 aliphatic carbocycles. The van der Waals surface area contributed by atoms with Gasteiger partial charge in [0.1, 0.15) is 5.75 Å². The van der Waals surface area contributed by atoms with Gasteiger partial charge in [0.25, 0.3) is 0 Å². The summed E-state index contributed by atoms with van der Waals surface area (Å²) in [5, 5.41) is 3.57. The van der Waals surface area contributed by atoms with Crippen molar-refractivity contribution < 1.29 is 4.74 Å². The van der Waals surface area contributed by atoms with Crippen LogP contribution >= 0.6 is 15.9 Å². The number of hydrogen-bond acceptors (Lipinski definition) is 3. The maximum Gasteiger partial charge on any atom is 0.127 e. The van der Waals surface area contributed by atoms with E-state index in [1.165, 1.54) is 11.1 Å². The average molecular weight is 339 g/mol. The second-order valence-corrected chi connectivity index (χ2v) is 7.54. The molecule has 0 bridgehead atoms. The third kappa shape index (κ3) is 2.74. The summed E-state index contributed by atoms with van der Waals surface area (Å²) in [6.45, 7) is 10.8. The highest BCUT2D eigenvalue weighted by molar-refractivity contribution is 9.10. The van der Waals surface area contributed by atoms with Crippen molar-refractivity contribution in [1.29, 1.82) is 0 Å². The fraction of sp³-hybridized carbons (Fsp3) is 0.625. The molecular formula is C16H23BrN2O. The fourth-order valence-corrected chi connectivity index (χ4v) is 3.68. The zero-order valence-corrected chi connectivity index (χ0v) is 14.1. The first-order valence-corrected chi connectivity index (χ1v) is 8.17. The topological polar surface area (TPSA) is 24.5 Å². The molecule has 0 aromatic heterocycles. The molecular weight excluding hydrogens is 316 g/mol. The average Bonchev–Trinajstić information content (AvgIpc) is 2.82. The quantitative estimate of drug-likeness (QED) is 0.897. The first kappa shape index (κ1) is 14.4. The normalized spacial score (nSPS) is 25.3. The van der Waals surface area contributed by atoms with Crippen LogP contribution in [0.15, 0.2) is 16.6 Å². The molecule has 2 aliphatic heterocycles. The molecule has 0 radical (unpaired) electrons. The lowest BCUT2D eigenvalue weighted by atomic mass is 9.96. The standard InChI is InChI=1S/C16H23BrN2O/c1-11-8-19(16(2,3)10-18-11)9-13-7-14(17)6-12-4-5-20-15(12)13/h6-7,11,18H,4-5,8-10H2,1-3H3. The predicted molar refractivity (Wildman–Crippen MR) is 85.3 cm³/mol. The van der Waals surface area contributed by atoms with E-state index >= 15 is 0 Å². The van der Waals surface area contributed by atoms with Crippen molar-refractivity contribution in [3.8, 4) is 5.75 Å².